The van der Waals surface area contributed by atoms with E-state index >= 15 is 0 Å². The van der Waals surface area contributed by atoms with E-state index in [1.807, 2.05) is 12.5 Å². The topological polar surface area (TPSA) is 86.6 Å². The summed E-state index contributed by atoms with van der Waals surface area (Å²) in [5.41, 5.74) is 12.5. The van der Waals surface area contributed by atoms with E-state index in [1.54, 1.807) is 0 Å². The lowest BCUT2D eigenvalue weighted by Gasteiger charge is -2.14. The summed E-state index contributed by atoms with van der Waals surface area (Å²) in [4.78, 5) is 9.10. The second kappa shape index (κ2) is 7.89. The molecule has 2 aliphatic rings. The third kappa shape index (κ3) is 3.65. The van der Waals surface area contributed by atoms with Gasteiger partial charge in [-0.15, -0.1) is 0 Å². The number of rotatable bonds is 4. The summed E-state index contributed by atoms with van der Waals surface area (Å²) >= 11 is 0. The van der Waals surface area contributed by atoms with Crippen LogP contribution in [0.5, 0.6) is 0 Å². The molecule has 4 heterocycles. The van der Waals surface area contributed by atoms with Crippen LogP contribution < -0.4 is 11.1 Å². The molecule has 1 aliphatic carbocycles. The second-order valence-corrected chi connectivity index (χ2v) is 9.77. The first-order chi connectivity index (χ1) is 16.1. The number of hydrogen-bond donors (Lipinski definition) is 2. The first-order valence-corrected chi connectivity index (χ1v) is 11.9. The molecule has 3 aromatic heterocycles. The molecule has 0 amide bonds. The number of fused-ring (bicyclic) bond motifs is 2. The van der Waals surface area contributed by atoms with Gasteiger partial charge in [0.15, 0.2) is 0 Å². The standard InChI is InChI=1S/C26H29N7/c1-16(2)11-18-13-29-26(27)24-21(31-33(25(18)24)20-9-10-28-14-20)7-3-17-4-8-23-22(12-17)30-15-32(23)19-5-6-19/h4,8,12-13,15-16,19-20,28H,5-6,9-11,14H2,1-2H3,(H2,27,29). The van der Waals surface area contributed by atoms with Crippen molar-refractivity contribution in [3.05, 3.63) is 47.5 Å². The molecule has 168 valence electrons. The third-order valence-electron chi connectivity index (χ3n) is 6.68. The normalized spacial score (nSPS) is 18.3. The zero-order chi connectivity index (χ0) is 22.5. The Kier molecular flexibility index (Phi) is 4.84. The van der Waals surface area contributed by atoms with Gasteiger partial charge >= 0.3 is 0 Å². The molecule has 7 nitrogen and oxygen atoms in total. The van der Waals surface area contributed by atoms with Gasteiger partial charge in [-0.25, -0.2) is 9.97 Å². The van der Waals surface area contributed by atoms with Gasteiger partial charge in [-0.3, -0.25) is 4.68 Å². The van der Waals surface area contributed by atoms with Crippen LogP contribution in [0.4, 0.5) is 5.82 Å². The van der Waals surface area contributed by atoms with Gasteiger partial charge in [-0.05, 0) is 67.8 Å². The highest BCUT2D eigenvalue weighted by Crippen LogP contribution is 2.37. The summed E-state index contributed by atoms with van der Waals surface area (Å²) in [5.74, 6) is 7.65. The van der Waals surface area contributed by atoms with Crippen molar-refractivity contribution in [3.63, 3.8) is 0 Å². The molecule has 0 radical (unpaired) electrons. The third-order valence-corrected chi connectivity index (χ3v) is 6.68. The summed E-state index contributed by atoms with van der Waals surface area (Å²) in [7, 11) is 0. The molecule has 7 heteroatoms. The van der Waals surface area contributed by atoms with Gasteiger partial charge in [0.2, 0.25) is 0 Å². The minimum absolute atomic E-state index is 0.304. The Morgan fingerprint density at radius 1 is 1.15 bits per heavy atom. The first-order valence-electron chi connectivity index (χ1n) is 11.9. The SMILES string of the molecule is CC(C)Cc1cnc(N)c2c(C#Cc3ccc4c(c3)ncn4C3CC3)nn(C3CCNC3)c12. The lowest BCUT2D eigenvalue weighted by Crippen LogP contribution is -2.15. The lowest BCUT2D eigenvalue weighted by molar-refractivity contribution is 0.503. The highest BCUT2D eigenvalue weighted by molar-refractivity contribution is 5.95. The maximum Gasteiger partial charge on any atom is 0.147 e. The Balaban J connectivity index is 1.45. The van der Waals surface area contributed by atoms with Crippen LogP contribution in [0.2, 0.25) is 0 Å². The van der Waals surface area contributed by atoms with E-state index in [0.29, 0.717) is 29.5 Å². The average Bonchev–Trinajstić information content (AvgIpc) is 3.21. The fraction of sp³-hybridized carbons (Fsp3) is 0.423. The van der Waals surface area contributed by atoms with Gasteiger partial charge in [0.1, 0.15) is 11.5 Å². The van der Waals surface area contributed by atoms with Crippen LogP contribution in [0.3, 0.4) is 0 Å². The van der Waals surface area contributed by atoms with Crippen LogP contribution in [0.15, 0.2) is 30.7 Å². The van der Waals surface area contributed by atoms with E-state index in [9.17, 15) is 0 Å². The molecule has 3 N–H and O–H groups in total. The van der Waals surface area contributed by atoms with Crippen LogP contribution >= 0.6 is 0 Å². The summed E-state index contributed by atoms with van der Waals surface area (Å²) in [6, 6.07) is 7.18. The highest BCUT2D eigenvalue weighted by atomic mass is 15.3. The molecule has 1 aromatic carbocycles. The highest BCUT2D eigenvalue weighted by Gasteiger charge is 2.26. The molecule has 4 aromatic rings. The molecule has 33 heavy (non-hydrogen) atoms. The van der Waals surface area contributed by atoms with Crippen LogP contribution in [-0.4, -0.2) is 37.4 Å². The number of nitrogens with two attached hydrogens (primary N) is 1. The van der Waals surface area contributed by atoms with Crippen molar-refractivity contribution in [2.45, 2.75) is 51.6 Å². The zero-order valence-electron chi connectivity index (χ0n) is 19.2. The summed E-state index contributed by atoms with van der Waals surface area (Å²) < 4.78 is 4.43. The monoisotopic (exact) mass is 439 g/mol. The van der Waals surface area contributed by atoms with Crippen molar-refractivity contribution >= 4 is 27.8 Å². The first kappa shape index (κ1) is 20.3. The van der Waals surface area contributed by atoms with Gasteiger partial charge < -0.3 is 15.6 Å². The van der Waals surface area contributed by atoms with E-state index in [0.717, 1.165) is 47.9 Å². The molecule has 1 unspecified atom stereocenters. The van der Waals surface area contributed by atoms with Crippen molar-refractivity contribution in [2.24, 2.45) is 5.92 Å². The van der Waals surface area contributed by atoms with Crippen molar-refractivity contribution < 1.29 is 0 Å². The van der Waals surface area contributed by atoms with Crippen molar-refractivity contribution in [2.75, 3.05) is 18.8 Å². The molecule has 6 rings (SSSR count). The van der Waals surface area contributed by atoms with Gasteiger partial charge in [0, 0.05) is 24.3 Å². The fourth-order valence-corrected chi connectivity index (χ4v) is 4.93. The summed E-state index contributed by atoms with van der Waals surface area (Å²) in [5, 5.41) is 9.31. The number of anilines is 1. The molecular weight excluding hydrogens is 410 g/mol. The van der Waals surface area contributed by atoms with E-state index in [2.05, 4.69) is 68.4 Å². The fourth-order valence-electron chi connectivity index (χ4n) is 4.93. The number of nitrogen functional groups attached to an aromatic ring is 1. The largest absolute Gasteiger partial charge is 0.383 e. The Morgan fingerprint density at radius 2 is 2.03 bits per heavy atom. The number of pyridine rings is 1. The maximum absolute atomic E-state index is 6.39. The predicted molar refractivity (Wildman–Crippen MR) is 131 cm³/mol. The van der Waals surface area contributed by atoms with Crippen molar-refractivity contribution in [3.8, 4) is 11.8 Å². The predicted octanol–water partition coefficient (Wildman–Crippen LogP) is 3.83. The van der Waals surface area contributed by atoms with Gasteiger partial charge in [-0.1, -0.05) is 19.8 Å². The Hall–Kier alpha value is -3.37. The smallest absolute Gasteiger partial charge is 0.147 e. The van der Waals surface area contributed by atoms with Crippen LogP contribution in [0.1, 0.15) is 62.0 Å². The van der Waals surface area contributed by atoms with Crippen LogP contribution in [0, 0.1) is 17.8 Å². The van der Waals surface area contributed by atoms with E-state index in [-0.39, 0.29) is 0 Å². The number of nitrogens with one attached hydrogen (secondary N) is 1. The van der Waals surface area contributed by atoms with Gasteiger partial charge in [0.05, 0.1) is 34.3 Å². The number of nitrogens with zero attached hydrogens (tertiary/aromatic N) is 5. The van der Waals surface area contributed by atoms with Crippen LogP contribution in [-0.2, 0) is 6.42 Å². The number of hydrogen-bond acceptors (Lipinski definition) is 5. The molecule has 1 aliphatic heterocycles. The van der Waals surface area contributed by atoms with Crippen LogP contribution in [0.25, 0.3) is 21.9 Å². The minimum atomic E-state index is 0.304. The molecule has 0 bridgehead atoms. The minimum Gasteiger partial charge on any atom is -0.383 e. The Morgan fingerprint density at radius 3 is 2.79 bits per heavy atom. The number of aromatic nitrogens is 5. The van der Waals surface area contributed by atoms with E-state index in [1.165, 1.54) is 23.9 Å². The molecule has 1 saturated heterocycles. The number of imidazole rings is 1. The van der Waals surface area contributed by atoms with Crippen molar-refractivity contribution in [1.82, 2.24) is 29.6 Å². The van der Waals surface area contributed by atoms with Gasteiger partial charge in [-0.2, -0.15) is 5.10 Å². The Bertz CT molecular complexity index is 1410. The molecular formula is C26H29N7. The summed E-state index contributed by atoms with van der Waals surface area (Å²) in [6.45, 7) is 6.36. The van der Waals surface area contributed by atoms with Gasteiger partial charge in [0.25, 0.3) is 0 Å². The zero-order valence-corrected chi connectivity index (χ0v) is 19.2. The maximum atomic E-state index is 6.39. The van der Waals surface area contributed by atoms with E-state index in [4.69, 9.17) is 10.8 Å². The average molecular weight is 440 g/mol. The molecule has 1 atom stereocenters. The molecule has 0 spiro atoms. The summed E-state index contributed by atoms with van der Waals surface area (Å²) in [6.07, 6.45) is 8.34. The Labute approximate surface area is 193 Å². The van der Waals surface area contributed by atoms with E-state index < -0.39 is 0 Å². The lowest BCUT2D eigenvalue weighted by atomic mass is 10.0. The second-order valence-electron chi connectivity index (χ2n) is 9.77. The van der Waals surface area contributed by atoms with Crippen molar-refractivity contribution in [1.29, 1.82) is 0 Å². The quantitative estimate of drug-likeness (QED) is 0.472. The molecule has 1 saturated carbocycles. The number of benzene rings is 1. The molecule has 2 fully saturated rings.